The first-order chi connectivity index (χ1) is 13.4. The van der Waals surface area contributed by atoms with E-state index in [9.17, 15) is 0 Å². The maximum atomic E-state index is 6.33. The Morgan fingerprint density at radius 3 is 2.33 bits per heavy atom. The van der Waals surface area contributed by atoms with Crippen LogP contribution in [0.2, 0.25) is 0 Å². The molecule has 0 aromatic heterocycles. The van der Waals surface area contributed by atoms with Crippen molar-refractivity contribution in [1.29, 1.82) is 0 Å². The third-order valence-corrected chi connectivity index (χ3v) is 4.85. The van der Waals surface area contributed by atoms with Crippen molar-refractivity contribution in [3.05, 3.63) is 65.7 Å². The lowest BCUT2D eigenvalue weighted by Crippen LogP contribution is -2.38. The minimum absolute atomic E-state index is 0.0584. The molecule has 0 saturated carbocycles. The van der Waals surface area contributed by atoms with Crippen molar-refractivity contribution in [2.24, 2.45) is 0 Å². The standard InChI is InChI=1S/C23H31NO3/c1-2-3-16-26-22-11-9-21(10-12-22)23(20-7-5-4-6-8-20)27-19-15-24-13-17-25-18-14-24/h4-12,23H,2-3,13-19H2,1H3. The second-order valence-corrected chi connectivity index (χ2v) is 6.89. The van der Waals surface area contributed by atoms with Crippen molar-refractivity contribution in [1.82, 2.24) is 4.90 Å². The number of hydrogen-bond acceptors (Lipinski definition) is 4. The van der Waals surface area contributed by atoms with Gasteiger partial charge in [0.25, 0.3) is 0 Å². The van der Waals surface area contributed by atoms with Crippen molar-refractivity contribution in [3.8, 4) is 5.75 Å². The molecular formula is C23H31NO3. The summed E-state index contributed by atoms with van der Waals surface area (Å²) in [5.74, 6) is 0.923. The SMILES string of the molecule is CCCCOc1ccc(C(OCCN2CCOCC2)c2ccccc2)cc1. The zero-order chi connectivity index (χ0) is 18.7. The number of rotatable bonds is 10. The van der Waals surface area contributed by atoms with Gasteiger partial charge in [0, 0.05) is 19.6 Å². The average molecular weight is 370 g/mol. The Morgan fingerprint density at radius 2 is 1.63 bits per heavy atom. The Morgan fingerprint density at radius 1 is 0.926 bits per heavy atom. The van der Waals surface area contributed by atoms with Crippen LogP contribution in [-0.4, -0.2) is 51.0 Å². The monoisotopic (exact) mass is 369 g/mol. The van der Waals surface area contributed by atoms with Crippen LogP contribution in [0.15, 0.2) is 54.6 Å². The normalized spacial score (nSPS) is 16.2. The van der Waals surface area contributed by atoms with Gasteiger partial charge in [-0.1, -0.05) is 55.8 Å². The summed E-state index contributed by atoms with van der Waals surface area (Å²) in [7, 11) is 0. The molecule has 4 heteroatoms. The zero-order valence-corrected chi connectivity index (χ0v) is 16.3. The molecule has 2 aromatic carbocycles. The van der Waals surface area contributed by atoms with Gasteiger partial charge in [0.05, 0.1) is 26.4 Å². The van der Waals surface area contributed by atoms with Gasteiger partial charge in [0.15, 0.2) is 0 Å². The minimum atomic E-state index is -0.0584. The molecule has 0 aliphatic carbocycles. The molecule has 1 fully saturated rings. The molecule has 0 bridgehead atoms. The van der Waals surface area contributed by atoms with Crippen LogP contribution in [0.4, 0.5) is 0 Å². The Labute approximate surface area is 163 Å². The molecule has 1 atom stereocenters. The number of nitrogens with zero attached hydrogens (tertiary/aromatic N) is 1. The maximum Gasteiger partial charge on any atom is 0.119 e. The first kappa shape index (κ1) is 19.9. The van der Waals surface area contributed by atoms with Crippen LogP contribution < -0.4 is 4.74 Å². The Bertz CT molecular complexity index is 638. The van der Waals surface area contributed by atoms with Crippen molar-refractivity contribution in [2.45, 2.75) is 25.9 Å². The topological polar surface area (TPSA) is 30.9 Å². The molecule has 4 nitrogen and oxygen atoms in total. The van der Waals surface area contributed by atoms with Gasteiger partial charge < -0.3 is 14.2 Å². The Hall–Kier alpha value is -1.88. The molecular weight excluding hydrogens is 338 g/mol. The molecule has 0 radical (unpaired) electrons. The molecule has 1 aliphatic rings. The van der Waals surface area contributed by atoms with Crippen molar-refractivity contribution < 1.29 is 14.2 Å². The highest BCUT2D eigenvalue weighted by Gasteiger charge is 2.16. The second-order valence-electron chi connectivity index (χ2n) is 6.89. The van der Waals surface area contributed by atoms with E-state index in [0.717, 1.165) is 63.6 Å². The van der Waals surface area contributed by atoms with E-state index in [4.69, 9.17) is 14.2 Å². The summed E-state index contributed by atoms with van der Waals surface area (Å²) in [6.45, 7) is 8.20. The number of ether oxygens (including phenoxy) is 3. The summed E-state index contributed by atoms with van der Waals surface area (Å²) in [5, 5.41) is 0. The highest BCUT2D eigenvalue weighted by molar-refractivity contribution is 5.34. The zero-order valence-electron chi connectivity index (χ0n) is 16.3. The van der Waals surface area contributed by atoms with Gasteiger partial charge in [-0.15, -0.1) is 0 Å². The predicted octanol–water partition coefficient (Wildman–Crippen LogP) is 4.30. The van der Waals surface area contributed by atoms with Crippen molar-refractivity contribution >= 4 is 0 Å². The first-order valence-corrected chi connectivity index (χ1v) is 10.1. The summed E-state index contributed by atoms with van der Waals surface area (Å²) >= 11 is 0. The van der Waals surface area contributed by atoms with Crippen LogP contribution in [0.3, 0.4) is 0 Å². The molecule has 1 unspecified atom stereocenters. The molecule has 0 spiro atoms. The van der Waals surface area contributed by atoms with E-state index >= 15 is 0 Å². The van der Waals surface area contributed by atoms with Gasteiger partial charge in [-0.25, -0.2) is 0 Å². The van der Waals surface area contributed by atoms with Crippen molar-refractivity contribution in [2.75, 3.05) is 46.1 Å². The lowest BCUT2D eigenvalue weighted by Gasteiger charge is -2.27. The lowest BCUT2D eigenvalue weighted by molar-refractivity contribution is 0.00967. The average Bonchev–Trinajstić information content (AvgIpc) is 2.74. The Balaban J connectivity index is 1.62. The lowest BCUT2D eigenvalue weighted by atomic mass is 10.0. The van der Waals surface area contributed by atoms with Gasteiger partial charge in [-0.2, -0.15) is 0 Å². The smallest absolute Gasteiger partial charge is 0.119 e. The molecule has 0 N–H and O–H groups in total. The fraction of sp³-hybridized carbons (Fsp3) is 0.478. The largest absolute Gasteiger partial charge is 0.494 e. The minimum Gasteiger partial charge on any atom is -0.494 e. The van der Waals surface area contributed by atoms with Gasteiger partial charge in [-0.3, -0.25) is 4.90 Å². The Kier molecular flexibility index (Phi) is 8.15. The molecule has 27 heavy (non-hydrogen) atoms. The van der Waals surface area contributed by atoms with E-state index < -0.39 is 0 Å². The molecule has 2 aromatic rings. The van der Waals surface area contributed by atoms with E-state index in [-0.39, 0.29) is 6.10 Å². The van der Waals surface area contributed by atoms with Gasteiger partial charge >= 0.3 is 0 Å². The third kappa shape index (κ3) is 6.35. The number of benzene rings is 2. The molecule has 0 amide bonds. The molecule has 1 heterocycles. The van der Waals surface area contributed by atoms with Crippen LogP contribution in [0.1, 0.15) is 37.0 Å². The maximum absolute atomic E-state index is 6.33. The van der Waals surface area contributed by atoms with E-state index in [1.807, 2.05) is 18.2 Å². The van der Waals surface area contributed by atoms with Crippen LogP contribution in [0.25, 0.3) is 0 Å². The van der Waals surface area contributed by atoms with E-state index in [1.165, 1.54) is 5.56 Å². The first-order valence-electron chi connectivity index (χ1n) is 10.1. The van der Waals surface area contributed by atoms with Crippen molar-refractivity contribution in [3.63, 3.8) is 0 Å². The fourth-order valence-corrected chi connectivity index (χ4v) is 3.21. The van der Waals surface area contributed by atoms with E-state index in [1.54, 1.807) is 0 Å². The summed E-state index contributed by atoms with van der Waals surface area (Å²) in [4.78, 5) is 2.40. The van der Waals surface area contributed by atoms with Crippen LogP contribution in [0.5, 0.6) is 5.75 Å². The number of morpholine rings is 1. The van der Waals surface area contributed by atoms with Crippen LogP contribution in [-0.2, 0) is 9.47 Å². The van der Waals surface area contributed by atoms with Gasteiger partial charge in [0.1, 0.15) is 11.9 Å². The van der Waals surface area contributed by atoms with E-state index in [2.05, 4.69) is 48.2 Å². The van der Waals surface area contributed by atoms with Crippen LogP contribution >= 0.6 is 0 Å². The van der Waals surface area contributed by atoms with Gasteiger partial charge in [-0.05, 0) is 29.7 Å². The van der Waals surface area contributed by atoms with Gasteiger partial charge in [0.2, 0.25) is 0 Å². The third-order valence-electron chi connectivity index (χ3n) is 4.85. The number of hydrogen-bond donors (Lipinski definition) is 0. The number of unbranched alkanes of at least 4 members (excludes halogenated alkanes) is 1. The molecule has 3 rings (SSSR count). The quantitative estimate of drug-likeness (QED) is 0.584. The summed E-state index contributed by atoms with van der Waals surface area (Å²) < 4.78 is 17.5. The summed E-state index contributed by atoms with van der Waals surface area (Å²) in [6, 6.07) is 18.8. The summed E-state index contributed by atoms with van der Waals surface area (Å²) in [5.41, 5.74) is 2.34. The highest BCUT2D eigenvalue weighted by Crippen LogP contribution is 2.27. The molecule has 146 valence electrons. The fourth-order valence-electron chi connectivity index (χ4n) is 3.21. The molecule has 1 aliphatic heterocycles. The van der Waals surface area contributed by atoms with E-state index in [0.29, 0.717) is 6.61 Å². The summed E-state index contributed by atoms with van der Waals surface area (Å²) in [6.07, 6.45) is 2.17. The highest BCUT2D eigenvalue weighted by atomic mass is 16.5. The van der Waals surface area contributed by atoms with Crippen LogP contribution in [0, 0.1) is 0 Å². The second kappa shape index (κ2) is 11.1. The predicted molar refractivity (Wildman–Crippen MR) is 108 cm³/mol. The molecule has 1 saturated heterocycles.